The van der Waals surface area contributed by atoms with Gasteiger partial charge in [-0.05, 0) is 31.5 Å². The van der Waals surface area contributed by atoms with Gasteiger partial charge in [-0.1, -0.05) is 18.3 Å². The van der Waals surface area contributed by atoms with Crippen LogP contribution in [0.15, 0.2) is 28.9 Å². The van der Waals surface area contributed by atoms with E-state index in [9.17, 15) is 9.59 Å². The van der Waals surface area contributed by atoms with Crippen molar-refractivity contribution in [1.29, 1.82) is 0 Å². The predicted molar refractivity (Wildman–Crippen MR) is 94.9 cm³/mol. The smallest absolute Gasteiger partial charge is 0.244 e. The molecular formula is C17H16N4O3S. The second-order valence-corrected chi connectivity index (χ2v) is 6.79. The van der Waals surface area contributed by atoms with Gasteiger partial charge in [0.1, 0.15) is 16.5 Å². The summed E-state index contributed by atoms with van der Waals surface area (Å²) in [4.78, 5) is 27.2. The first-order chi connectivity index (χ1) is 12.1. The molecule has 0 spiro atoms. The molecule has 2 aromatic heterocycles. The van der Waals surface area contributed by atoms with Crippen LogP contribution in [0.3, 0.4) is 0 Å². The number of nitrogens with zero attached hydrogens (tertiary/aromatic N) is 3. The molecule has 1 unspecified atom stereocenters. The predicted octanol–water partition coefficient (Wildman–Crippen LogP) is 2.94. The number of nitrogens with one attached hydrogen (secondary N) is 1. The molecule has 1 aromatic carbocycles. The summed E-state index contributed by atoms with van der Waals surface area (Å²) in [6.07, 6.45) is 2.35. The maximum absolute atomic E-state index is 12.8. The maximum Gasteiger partial charge on any atom is 0.244 e. The topological polar surface area (TPSA) is 88.3 Å². The Hall–Kier alpha value is -2.74. The Labute approximate surface area is 147 Å². The standard InChI is InChI=1S/C17H16N4O3S/c1-3-13-19-20-17(25-13)18-15(22)14-10-8-12-9(5-6-24-12)7-11(10)21(4-2)16(14)23/h5-8,14H,3-4H2,1-2H3,(H,18,20,22). The number of fused-ring (bicyclic) bond motifs is 2. The van der Waals surface area contributed by atoms with Crippen LogP contribution in [0.5, 0.6) is 0 Å². The summed E-state index contributed by atoms with van der Waals surface area (Å²) in [6, 6.07) is 5.51. The summed E-state index contributed by atoms with van der Waals surface area (Å²) in [5.74, 6) is -1.53. The molecule has 7 nitrogen and oxygen atoms in total. The van der Waals surface area contributed by atoms with E-state index in [0.29, 0.717) is 22.8 Å². The minimum atomic E-state index is -0.904. The highest BCUT2D eigenvalue weighted by molar-refractivity contribution is 7.15. The van der Waals surface area contributed by atoms with Crippen molar-refractivity contribution in [3.63, 3.8) is 0 Å². The molecule has 0 saturated heterocycles. The molecule has 0 bridgehead atoms. The number of amides is 2. The van der Waals surface area contributed by atoms with E-state index in [1.807, 2.05) is 26.0 Å². The zero-order valence-electron chi connectivity index (χ0n) is 13.8. The average Bonchev–Trinajstić information content (AvgIpc) is 3.29. The van der Waals surface area contributed by atoms with Gasteiger partial charge in [0, 0.05) is 23.2 Å². The van der Waals surface area contributed by atoms with Crippen LogP contribution >= 0.6 is 11.3 Å². The summed E-state index contributed by atoms with van der Waals surface area (Å²) >= 11 is 1.32. The molecule has 4 rings (SSSR count). The fourth-order valence-corrected chi connectivity index (χ4v) is 3.77. The van der Waals surface area contributed by atoms with Crippen molar-refractivity contribution in [2.45, 2.75) is 26.2 Å². The van der Waals surface area contributed by atoms with Crippen LogP contribution in [-0.2, 0) is 16.0 Å². The van der Waals surface area contributed by atoms with Gasteiger partial charge in [-0.15, -0.1) is 10.2 Å². The lowest BCUT2D eigenvalue weighted by Gasteiger charge is -2.14. The fraction of sp³-hybridized carbons (Fsp3) is 0.294. The van der Waals surface area contributed by atoms with Gasteiger partial charge < -0.3 is 9.32 Å². The molecule has 1 atom stereocenters. The molecular weight excluding hydrogens is 340 g/mol. The van der Waals surface area contributed by atoms with Crippen molar-refractivity contribution >= 4 is 44.9 Å². The van der Waals surface area contributed by atoms with E-state index in [-0.39, 0.29) is 5.91 Å². The Bertz CT molecular complexity index is 977. The van der Waals surface area contributed by atoms with Crippen LogP contribution in [0.4, 0.5) is 10.8 Å². The summed E-state index contributed by atoms with van der Waals surface area (Å²) in [6.45, 7) is 4.36. The summed E-state index contributed by atoms with van der Waals surface area (Å²) in [5.41, 5.74) is 2.08. The number of aromatic nitrogens is 2. The van der Waals surface area contributed by atoms with Crippen LogP contribution in [0, 0.1) is 0 Å². The first-order valence-electron chi connectivity index (χ1n) is 8.08. The van der Waals surface area contributed by atoms with Crippen molar-refractivity contribution in [3.8, 4) is 0 Å². The van der Waals surface area contributed by atoms with Gasteiger partial charge in [0.15, 0.2) is 0 Å². The normalized spacial score (nSPS) is 16.5. The largest absolute Gasteiger partial charge is 0.464 e. The number of likely N-dealkylation sites (N-methyl/N-ethyl adjacent to an activating group) is 1. The number of rotatable bonds is 4. The number of carbonyl (C=O) groups excluding carboxylic acids is 2. The molecule has 1 N–H and O–H groups in total. The highest BCUT2D eigenvalue weighted by Gasteiger charge is 2.42. The first kappa shape index (κ1) is 15.8. The van der Waals surface area contributed by atoms with E-state index in [1.165, 1.54) is 11.3 Å². The van der Waals surface area contributed by atoms with Crippen LogP contribution in [0.2, 0.25) is 0 Å². The number of anilines is 2. The van der Waals surface area contributed by atoms with Crippen molar-refractivity contribution in [2.75, 3.05) is 16.8 Å². The van der Waals surface area contributed by atoms with Gasteiger partial charge in [0.2, 0.25) is 16.9 Å². The van der Waals surface area contributed by atoms with E-state index in [4.69, 9.17) is 4.42 Å². The lowest BCUT2D eigenvalue weighted by atomic mass is 9.99. The lowest BCUT2D eigenvalue weighted by molar-refractivity contribution is -0.126. The van der Waals surface area contributed by atoms with Crippen LogP contribution in [0.1, 0.15) is 30.3 Å². The molecule has 25 heavy (non-hydrogen) atoms. The lowest BCUT2D eigenvalue weighted by Crippen LogP contribution is -2.33. The Balaban J connectivity index is 1.71. The summed E-state index contributed by atoms with van der Waals surface area (Å²) < 4.78 is 5.43. The zero-order chi connectivity index (χ0) is 17.6. The highest BCUT2D eigenvalue weighted by atomic mass is 32.1. The Morgan fingerprint density at radius 3 is 2.92 bits per heavy atom. The first-order valence-corrected chi connectivity index (χ1v) is 8.89. The third-order valence-corrected chi connectivity index (χ3v) is 5.28. The number of carbonyl (C=O) groups is 2. The molecule has 3 heterocycles. The van der Waals surface area contributed by atoms with Gasteiger partial charge in [0.05, 0.1) is 6.26 Å². The van der Waals surface area contributed by atoms with E-state index in [0.717, 1.165) is 22.5 Å². The van der Waals surface area contributed by atoms with E-state index >= 15 is 0 Å². The number of aryl methyl sites for hydroxylation is 1. The molecule has 3 aromatic rings. The average molecular weight is 356 g/mol. The Kier molecular flexibility index (Phi) is 3.76. The highest BCUT2D eigenvalue weighted by Crippen LogP contribution is 2.40. The number of hydrogen-bond donors (Lipinski definition) is 1. The summed E-state index contributed by atoms with van der Waals surface area (Å²) in [7, 11) is 0. The fourth-order valence-electron chi connectivity index (χ4n) is 3.09. The monoisotopic (exact) mass is 356 g/mol. The quantitative estimate of drug-likeness (QED) is 0.726. The van der Waals surface area contributed by atoms with Gasteiger partial charge in [-0.2, -0.15) is 0 Å². The second-order valence-electron chi connectivity index (χ2n) is 5.73. The van der Waals surface area contributed by atoms with Crippen molar-refractivity contribution in [3.05, 3.63) is 35.0 Å². The molecule has 0 radical (unpaired) electrons. The van der Waals surface area contributed by atoms with Crippen LogP contribution in [0.25, 0.3) is 11.0 Å². The van der Waals surface area contributed by atoms with Crippen LogP contribution < -0.4 is 10.2 Å². The van der Waals surface area contributed by atoms with Crippen LogP contribution in [-0.4, -0.2) is 28.6 Å². The Morgan fingerprint density at radius 1 is 1.36 bits per heavy atom. The summed E-state index contributed by atoms with van der Waals surface area (Å²) in [5, 5.41) is 12.8. The van der Waals surface area contributed by atoms with Crippen molar-refractivity contribution in [2.24, 2.45) is 0 Å². The van der Waals surface area contributed by atoms with E-state index in [2.05, 4.69) is 15.5 Å². The molecule has 0 fully saturated rings. The second kappa shape index (κ2) is 5.96. The van der Waals surface area contributed by atoms with Gasteiger partial charge >= 0.3 is 0 Å². The van der Waals surface area contributed by atoms with E-state index in [1.54, 1.807) is 17.2 Å². The number of hydrogen-bond acceptors (Lipinski definition) is 6. The SMILES string of the molecule is CCc1nnc(NC(=O)C2C(=O)N(CC)c3cc4ccoc4cc32)s1. The van der Waals surface area contributed by atoms with E-state index < -0.39 is 11.8 Å². The minimum absolute atomic E-state index is 0.233. The number of furan rings is 1. The molecule has 0 saturated carbocycles. The van der Waals surface area contributed by atoms with Gasteiger partial charge in [-0.25, -0.2) is 0 Å². The third-order valence-electron chi connectivity index (χ3n) is 4.29. The molecule has 1 aliphatic rings. The minimum Gasteiger partial charge on any atom is -0.464 e. The zero-order valence-corrected chi connectivity index (χ0v) is 14.6. The third kappa shape index (κ3) is 2.49. The molecule has 0 aliphatic carbocycles. The molecule has 1 aliphatic heterocycles. The molecule has 8 heteroatoms. The maximum atomic E-state index is 12.8. The van der Waals surface area contributed by atoms with Crippen molar-refractivity contribution in [1.82, 2.24) is 10.2 Å². The molecule has 128 valence electrons. The Morgan fingerprint density at radius 2 is 2.20 bits per heavy atom. The van der Waals surface area contributed by atoms with Gasteiger partial charge in [-0.3, -0.25) is 14.9 Å². The number of benzene rings is 1. The van der Waals surface area contributed by atoms with Crippen molar-refractivity contribution < 1.29 is 14.0 Å². The molecule has 2 amide bonds. The van der Waals surface area contributed by atoms with Gasteiger partial charge in [0.25, 0.3) is 0 Å².